The van der Waals surface area contributed by atoms with Gasteiger partial charge in [-0.15, -0.1) is 0 Å². The molecule has 1 heterocycles. The van der Waals surface area contributed by atoms with Gasteiger partial charge in [0.25, 0.3) is 0 Å². The summed E-state index contributed by atoms with van der Waals surface area (Å²) in [7, 11) is 3.53. The summed E-state index contributed by atoms with van der Waals surface area (Å²) in [6.45, 7) is 4.21. The third-order valence-electron chi connectivity index (χ3n) is 2.99. The lowest BCUT2D eigenvalue weighted by molar-refractivity contribution is 0.0600. The minimum atomic E-state index is -0.304. The number of likely N-dealkylation sites (N-methyl/N-ethyl adjacent to an activating group) is 1. The van der Waals surface area contributed by atoms with Crippen LogP contribution in [0.15, 0.2) is 27.6 Å². The van der Waals surface area contributed by atoms with E-state index in [-0.39, 0.29) is 5.97 Å². The Labute approximate surface area is 126 Å². The third kappa shape index (κ3) is 4.21. The van der Waals surface area contributed by atoms with Gasteiger partial charge in [-0.05, 0) is 37.2 Å². The number of hydrogen-bond donors (Lipinski definition) is 0. The van der Waals surface area contributed by atoms with Gasteiger partial charge in [0.15, 0.2) is 0 Å². The number of hydrogen-bond acceptors (Lipinski definition) is 5. The van der Waals surface area contributed by atoms with Crippen molar-refractivity contribution in [3.05, 3.63) is 28.2 Å². The topological polar surface area (TPSA) is 32.8 Å². The number of carbonyl (C=O) groups is 1. The predicted molar refractivity (Wildman–Crippen MR) is 80.4 cm³/mol. The third-order valence-corrected chi connectivity index (χ3v) is 4.52. The number of carbonyl (C=O) groups excluding carboxylic acids is 1. The van der Waals surface area contributed by atoms with E-state index >= 15 is 0 Å². The lowest BCUT2D eigenvalue weighted by Gasteiger charge is -2.31. The summed E-state index contributed by atoms with van der Waals surface area (Å²) in [4.78, 5) is 15.0. The molecule has 0 aliphatic carbocycles. The van der Waals surface area contributed by atoms with Gasteiger partial charge in [0.2, 0.25) is 0 Å². The molecule has 19 heavy (non-hydrogen) atoms. The van der Waals surface area contributed by atoms with E-state index < -0.39 is 0 Å². The van der Waals surface area contributed by atoms with Crippen molar-refractivity contribution in [2.24, 2.45) is 0 Å². The van der Waals surface area contributed by atoms with Gasteiger partial charge >= 0.3 is 5.97 Å². The highest BCUT2D eigenvalue weighted by Crippen LogP contribution is 2.28. The fraction of sp³-hybridized carbons (Fsp3) is 0.462. The maximum atomic E-state index is 11.6. The zero-order chi connectivity index (χ0) is 13.8. The Balaban J connectivity index is 2.07. The molecule has 0 unspecified atom stereocenters. The van der Waals surface area contributed by atoms with Gasteiger partial charge in [-0.2, -0.15) is 0 Å². The molecular weight excluding hydrogens is 328 g/mol. The van der Waals surface area contributed by atoms with Crippen molar-refractivity contribution in [1.82, 2.24) is 9.21 Å². The fourth-order valence-electron chi connectivity index (χ4n) is 1.88. The summed E-state index contributed by atoms with van der Waals surface area (Å²) in [6, 6.07) is 5.68. The maximum Gasteiger partial charge on any atom is 0.337 e. The maximum absolute atomic E-state index is 11.6. The lowest BCUT2D eigenvalue weighted by atomic mass is 10.2. The van der Waals surface area contributed by atoms with E-state index in [0.717, 1.165) is 35.5 Å². The summed E-state index contributed by atoms with van der Waals surface area (Å²) < 4.78 is 7.98. The van der Waals surface area contributed by atoms with E-state index in [0.29, 0.717) is 5.56 Å². The first-order valence-corrected chi connectivity index (χ1v) is 7.65. The minimum Gasteiger partial charge on any atom is -0.465 e. The van der Waals surface area contributed by atoms with Crippen molar-refractivity contribution >= 4 is 33.8 Å². The van der Waals surface area contributed by atoms with Crippen molar-refractivity contribution < 1.29 is 9.53 Å². The molecule has 1 saturated heterocycles. The largest absolute Gasteiger partial charge is 0.465 e. The molecule has 104 valence electrons. The molecule has 0 aromatic heterocycles. The van der Waals surface area contributed by atoms with Gasteiger partial charge < -0.3 is 9.64 Å². The molecule has 0 spiro atoms. The van der Waals surface area contributed by atoms with Crippen molar-refractivity contribution in [1.29, 1.82) is 0 Å². The number of esters is 1. The Morgan fingerprint density at radius 3 is 2.58 bits per heavy atom. The van der Waals surface area contributed by atoms with E-state index in [9.17, 15) is 4.79 Å². The average molecular weight is 345 g/mol. The highest BCUT2D eigenvalue weighted by Gasteiger charge is 2.16. The van der Waals surface area contributed by atoms with Gasteiger partial charge in [-0.25, -0.2) is 9.10 Å². The van der Waals surface area contributed by atoms with Gasteiger partial charge in [0, 0.05) is 35.5 Å². The van der Waals surface area contributed by atoms with Crippen LogP contribution in [0.4, 0.5) is 0 Å². The molecule has 0 amide bonds. The quantitative estimate of drug-likeness (QED) is 0.621. The Bertz CT molecular complexity index is 462. The molecular formula is C13H17BrN2O2S. The monoisotopic (exact) mass is 344 g/mol. The Morgan fingerprint density at radius 1 is 1.26 bits per heavy atom. The summed E-state index contributed by atoms with van der Waals surface area (Å²) in [5.74, 6) is -0.304. The lowest BCUT2D eigenvalue weighted by Crippen LogP contribution is -2.40. The van der Waals surface area contributed by atoms with Crippen molar-refractivity contribution in [2.45, 2.75) is 4.90 Å². The zero-order valence-corrected chi connectivity index (χ0v) is 13.5. The van der Waals surface area contributed by atoms with Crippen LogP contribution in [0.5, 0.6) is 0 Å². The Morgan fingerprint density at radius 2 is 1.95 bits per heavy atom. The van der Waals surface area contributed by atoms with Gasteiger partial charge in [-0.3, -0.25) is 0 Å². The fourth-order valence-corrected chi connectivity index (χ4v) is 3.53. The molecule has 0 radical (unpaired) electrons. The number of nitrogens with zero attached hydrogens (tertiary/aromatic N) is 2. The van der Waals surface area contributed by atoms with Crippen molar-refractivity contribution in [3.8, 4) is 0 Å². The molecule has 1 aliphatic heterocycles. The molecule has 0 atom stereocenters. The number of benzene rings is 1. The van der Waals surface area contributed by atoms with Crippen LogP contribution in [0.2, 0.25) is 0 Å². The van der Waals surface area contributed by atoms with Crippen LogP contribution >= 0.6 is 27.9 Å². The standard InChI is InChI=1S/C13H17BrN2O2S/c1-15-3-5-16(6-4-15)19-12-8-10(13(17)18-2)7-11(14)9-12/h7-9H,3-6H2,1-2H3. The smallest absolute Gasteiger partial charge is 0.337 e. The molecule has 1 aliphatic rings. The summed E-state index contributed by atoms with van der Waals surface area (Å²) >= 11 is 5.13. The molecule has 1 aromatic rings. The number of rotatable bonds is 3. The second-order valence-electron chi connectivity index (χ2n) is 4.49. The van der Waals surface area contributed by atoms with Gasteiger partial charge in [-0.1, -0.05) is 15.9 Å². The molecule has 2 rings (SSSR count). The molecule has 1 aromatic carbocycles. The first kappa shape index (κ1) is 14.8. The van der Waals surface area contributed by atoms with Crippen LogP contribution in [0.1, 0.15) is 10.4 Å². The SMILES string of the molecule is COC(=O)c1cc(Br)cc(SN2CCN(C)CC2)c1. The number of methoxy groups -OCH3 is 1. The van der Waals surface area contributed by atoms with E-state index in [1.807, 2.05) is 12.1 Å². The Kier molecular flexibility index (Phi) is 5.27. The van der Waals surface area contributed by atoms with Crippen molar-refractivity contribution in [2.75, 3.05) is 40.3 Å². The summed E-state index contributed by atoms with van der Waals surface area (Å²) in [5.41, 5.74) is 0.577. The second kappa shape index (κ2) is 6.74. The molecule has 0 bridgehead atoms. The van der Waals surface area contributed by atoms with Crippen LogP contribution in [0.25, 0.3) is 0 Å². The highest BCUT2D eigenvalue weighted by molar-refractivity contribution is 9.10. The zero-order valence-electron chi connectivity index (χ0n) is 11.1. The van der Waals surface area contributed by atoms with E-state index in [2.05, 4.69) is 32.2 Å². The molecule has 0 saturated carbocycles. The predicted octanol–water partition coefficient (Wildman–Crippen LogP) is 2.49. The minimum absolute atomic E-state index is 0.304. The van der Waals surface area contributed by atoms with E-state index in [4.69, 9.17) is 4.74 Å². The second-order valence-corrected chi connectivity index (χ2v) is 6.58. The van der Waals surface area contributed by atoms with Crippen LogP contribution in [-0.4, -0.2) is 55.5 Å². The van der Waals surface area contributed by atoms with Gasteiger partial charge in [0.1, 0.15) is 0 Å². The normalized spacial score (nSPS) is 17.4. The van der Waals surface area contributed by atoms with Crippen LogP contribution in [-0.2, 0) is 4.74 Å². The molecule has 6 heteroatoms. The Hall–Kier alpha value is -0.560. The summed E-state index contributed by atoms with van der Waals surface area (Å²) in [6.07, 6.45) is 0. The van der Waals surface area contributed by atoms with Crippen LogP contribution < -0.4 is 0 Å². The van der Waals surface area contributed by atoms with E-state index in [1.54, 1.807) is 18.0 Å². The number of ether oxygens (including phenoxy) is 1. The first-order chi connectivity index (χ1) is 9.08. The molecule has 4 nitrogen and oxygen atoms in total. The van der Waals surface area contributed by atoms with Crippen molar-refractivity contribution in [3.63, 3.8) is 0 Å². The number of piperazine rings is 1. The highest BCUT2D eigenvalue weighted by atomic mass is 79.9. The molecule has 0 N–H and O–H groups in total. The average Bonchev–Trinajstić information content (AvgIpc) is 2.40. The van der Waals surface area contributed by atoms with Crippen LogP contribution in [0.3, 0.4) is 0 Å². The molecule has 1 fully saturated rings. The van der Waals surface area contributed by atoms with E-state index in [1.165, 1.54) is 7.11 Å². The van der Waals surface area contributed by atoms with Gasteiger partial charge in [0.05, 0.1) is 12.7 Å². The first-order valence-electron chi connectivity index (χ1n) is 6.09. The summed E-state index contributed by atoms with van der Waals surface area (Å²) in [5, 5.41) is 0. The van der Waals surface area contributed by atoms with Crippen LogP contribution in [0, 0.1) is 0 Å². The number of halogens is 1.